The number of nitrogens with zero attached hydrogens (tertiary/aromatic N) is 2. The average molecular weight is 747 g/mol. The minimum absolute atomic E-state index is 0.123. The summed E-state index contributed by atoms with van der Waals surface area (Å²) in [5.74, 6) is 0. The van der Waals surface area contributed by atoms with Crippen molar-refractivity contribution in [3.63, 3.8) is 0 Å². The number of aromatic nitrogens is 1. The number of pyridine rings is 1. The van der Waals surface area contributed by atoms with Crippen molar-refractivity contribution in [3.8, 4) is 44.6 Å². The van der Waals surface area contributed by atoms with Gasteiger partial charge in [0, 0.05) is 59.2 Å². The molecular formula is C54H38N2S. The van der Waals surface area contributed by atoms with Crippen LogP contribution in [0.3, 0.4) is 0 Å². The van der Waals surface area contributed by atoms with Gasteiger partial charge in [0.05, 0.1) is 11.2 Å². The van der Waals surface area contributed by atoms with Crippen LogP contribution in [0, 0.1) is 0 Å². The van der Waals surface area contributed by atoms with Crippen LogP contribution in [0.4, 0.5) is 17.1 Å². The van der Waals surface area contributed by atoms with E-state index in [1.54, 1.807) is 0 Å². The smallest absolute Gasteiger partial charge is 0.0788 e. The summed E-state index contributed by atoms with van der Waals surface area (Å²) in [6.07, 6.45) is 0. The van der Waals surface area contributed by atoms with Crippen molar-refractivity contribution in [1.82, 2.24) is 4.98 Å². The van der Waals surface area contributed by atoms with Crippen LogP contribution in [0.1, 0.15) is 25.0 Å². The van der Waals surface area contributed by atoms with Gasteiger partial charge in [-0.25, -0.2) is 4.98 Å². The van der Waals surface area contributed by atoms with Crippen molar-refractivity contribution >= 4 is 59.5 Å². The van der Waals surface area contributed by atoms with Crippen molar-refractivity contribution in [2.45, 2.75) is 19.3 Å². The first-order valence-electron chi connectivity index (χ1n) is 19.6. The molecule has 2 aromatic heterocycles. The van der Waals surface area contributed by atoms with Crippen LogP contribution >= 0.6 is 11.3 Å². The van der Waals surface area contributed by atoms with Crippen LogP contribution in [0.25, 0.3) is 75.7 Å². The van der Waals surface area contributed by atoms with Crippen LogP contribution in [-0.2, 0) is 5.41 Å². The van der Waals surface area contributed by atoms with E-state index >= 15 is 0 Å². The maximum absolute atomic E-state index is 5.33. The summed E-state index contributed by atoms with van der Waals surface area (Å²) in [7, 11) is 0. The minimum atomic E-state index is -0.123. The van der Waals surface area contributed by atoms with Crippen LogP contribution in [-0.4, -0.2) is 4.98 Å². The van der Waals surface area contributed by atoms with Crippen LogP contribution < -0.4 is 4.90 Å². The van der Waals surface area contributed by atoms with E-state index in [1.807, 2.05) is 11.3 Å². The summed E-state index contributed by atoms with van der Waals surface area (Å²) in [5, 5.41) is 3.76. The summed E-state index contributed by atoms with van der Waals surface area (Å²) in [5.41, 5.74) is 16.3. The third-order valence-corrected chi connectivity index (χ3v) is 13.1. The molecule has 1 aliphatic carbocycles. The van der Waals surface area contributed by atoms with Gasteiger partial charge < -0.3 is 4.90 Å². The van der Waals surface area contributed by atoms with E-state index in [-0.39, 0.29) is 5.41 Å². The summed E-state index contributed by atoms with van der Waals surface area (Å²) in [6, 6.07) is 70.7. The van der Waals surface area contributed by atoms with Crippen LogP contribution in [0.2, 0.25) is 0 Å². The van der Waals surface area contributed by atoms with E-state index < -0.39 is 0 Å². The van der Waals surface area contributed by atoms with Crippen molar-refractivity contribution in [2.24, 2.45) is 0 Å². The minimum Gasteiger partial charge on any atom is -0.310 e. The average Bonchev–Trinajstić information content (AvgIpc) is 3.76. The Kier molecular flexibility index (Phi) is 7.74. The van der Waals surface area contributed by atoms with Gasteiger partial charge in [0.2, 0.25) is 0 Å². The van der Waals surface area contributed by atoms with Gasteiger partial charge in [0.25, 0.3) is 0 Å². The molecule has 0 spiro atoms. The molecule has 0 amide bonds. The molecule has 8 aromatic carbocycles. The topological polar surface area (TPSA) is 16.1 Å². The Hall–Kier alpha value is -6.81. The molecule has 0 radical (unpaired) electrons. The molecule has 0 aliphatic heterocycles. The Bertz CT molecular complexity index is 3160. The summed E-state index contributed by atoms with van der Waals surface area (Å²) < 4.78 is 2.65. The van der Waals surface area contributed by atoms with E-state index in [0.29, 0.717) is 0 Å². The lowest BCUT2D eigenvalue weighted by molar-refractivity contribution is 0.660. The molecule has 57 heavy (non-hydrogen) atoms. The molecule has 0 N–H and O–H groups in total. The molecule has 2 heterocycles. The van der Waals surface area contributed by atoms with Gasteiger partial charge in [0.15, 0.2) is 0 Å². The lowest BCUT2D eigenvalue weighted by Crippen LogP contribution is -2.16. The molecule has 0 unspecified atom stereocenters. The number of anilines is 3. The highest BCUT2D eigenvalue weighted by Gasteiger charge is 2.35. The van der Waals surface area contributed by atoms with Crippen LogP contribution in [0.15, 0.2) is 194 Å². The van der Waals surface area contributed by atoms with Gasteiger partial charge in [-0.2, -0.15) is 0 Å². The number of para-hydroxylation sites is 1. The summed E-state index contributed by atoms with van der Waals surface area (Å²) >= 11 is 1.88. The Morgan fingerprint density at radius 2 is 1.09 bits per heavy atom. The van der Waals surface area contributed by atoms with Gasteiger partial charge >= 0.3 is 0 Å². The van der Waals surface area contributed by atoms with Gasteiger partial charge in [0.1, 0.15) is 0 Å². The highest BCUT2D eigenvalue weighted by molar-refractivity contribution is 7.26. The molecule has 1 aliphatic rings. The monoisotopic (exact) mass is 746 g/mol. The van der Waals surface area contributed by atoms with Gasteiger partial charge in [-0.15, -0.1) is 11.3 Å². The molecule has 0 saturated heterocycles. The number of hydrogen-bond acceptors (Lipinski definition) is 3. The second-order valence-corrected chi connectivity index (χ2v) is 16.6. The predicted molar refractivity (Wildman–Crippen MR) is 243 cm³/mol. The zero-order chi connectivity index (χ0) is 38.1. The Morgan fingerprint density at radius 3 is 1.98 bits per heavy atom. The number of fused-ring (bicyclic) bond motifs is 7. The molecule has 0 saturated carbocycles. The molecule has 0 bridgehead atoms. The van der Waals surface area contributed by atoms with Crippen molar-refractivity contribution in [3.05, 3.63) is 205 Å². The normalized spacial score (nSPS) is 12.9. The fraction of sp³-hybridized carbons (Fsp3) is 0.0556. The number of thiophene rings is 1. The van der Waals surface area contributed by atoms with Gasteiger partial charge in [-0.05, 0) is 93.5 Å². The van der Waals surface area contributed by atoms with E-state index in [2.05, 4.69) is 213 Å². The molecule has 0 atom stereocenters. The highest BCUT2D eigenvalue weighted by atomic mass is 32.1. The third-order valence-electron chi connectivity index (χ3n) is 11.9. The SMILES string of the molecule is CC1(C)c2ccccc2-c2ccc(N(c3ccc(-c4cccc5c4sc4ccccc45)cc3)c3cccc(-c4nc5ccccc5cc4-c4ccccc4)c3)cc21. The molecule has 11 rings (SSSR count). The Morgan fingerprint density at radius 1 is 0.439 bits per heavy atom. The molecule has 2 nitrogen and oxygen atoms in total. The molecule has 3 heteroatoms. The standard InChI is InChI=1S/C54H38N2S/c1-54(2)48-23-9-7-19-43(48)44-31-30-41(34-49(44)54)56(39-28-26-36(27-29-39)42-21-13-22-46-45-20-8-11-25-51(45)57-53(42)46)40-18-12-17-38(32-40)52-47(35-14-4-3-5-15-35)33-37-16-6-10-24-50(37)55-52/h3-34H,1-2H3. The van der Waals surface area contributed by atoms with Gasteiger partial charge in [-0.1, -0.05) is 153 Å². The maximum Gasteiger partial charge on any atom is 0.0788 e. The fourth-order valence-electron chi connectivity index (χ4n) is 9.01. The first-order valence-corrected chi connectivity index (χ1v) is 20.4. The quantitative estimate of drug-likeness (QED) is 0.168. The van der Waals surface area contributed by atoms with E-state index in [1.165, 1.54) is 53.6 Å². The maximum atomic E-state index is 5.33. The first kappa shape index (κ1) is 33.5. The predicted octanol–water partition coefficient (Wildman–Crippen LogP) is 15.4. The Labute approximate surface area is 337 Å². The fourth-order valence-corrected chi connectivity index (χ4v) is 10.2. The number of hydrogen-bond donors (Lipinski definition) is 0. The van der Waals surface area contributed by atoms with E-state index in [0.717, 1.165) is 50.3 Å². The molecule has 270 valence electrons. The lowest BCUT2D eigenvalue weighted by atomic mass is 9.82. The zero-order valence-electron chi connectivity index (χ0n) is 31.8. The molecule has 0 fully saturated rings. The van der Waals surface area contributed by atoms with Crippen molar-refractivity contribution < 1.29 is 0 Å². The summed E-state index contributed by atoms with van der Waals surface area (Å²) in [4.78, 5) is 7.74. The second-order valence-electron chi connectivity index (χ2n) is 15.6. The number of rotatable bonds is 6. The number of benzene rings is 8. The lowest BCUT2D eigenvalue weighted by Gasteiger charge is -2.28. The largest absolute Gasteiger partial charge is 0.310 e. The van der Waals surface area contributed by atoms with Crippen LogP contribution in [0.5, 0.6) is 0 Å². The second kappa shape index (κ2) is 13.2. The third kappa shape index (κ3) is 5.50. The molecule has 10 aromatic rings. The zero-order valence-corrected chi connectivity index (χ0v) is 32.6. The van der Waals surface area contributed by atoms with Crippen molar-refractivity contribution in [1.29, 1.82) is 0 Å². The highest BCUT2D eigenvalue weighted by Crippen LogP contribution is 2.51. The first-order chi connectivity index (χ1) is 28.0. The summed E-state index contributed by atoms with van der Waals surface area (Å²) in [6.45, 7) is 4.71. The Balaban J connectivity index is 1.08. The molecular weight excluding hydrogens is 709 g/mol. The van der Waals surface area contributed by atoms with E-state index in [4.69, 9.17) is 4.98 Å². The van der Waals surface area contributed by atoms with Gasteiger partial charge in [-0.3, -0.25) is 0 Å². The van der Waals surface area contributed by atoms with E-state index in [9.17, 15) is 0 Å². The van der Waals surface area contributed by atoms with Crippen molar-refractivity contribution in [2.75, 3.05) is 4.90 Å².